The fourth-order valence-electron chi connectivity index (χ4n) is 2.42. The van der Waals surface area contributed by atoms with Crippen molar-refractivity contribution in [3.8, 4) is 0 Å². The maximum Gasteiger partial charge on any atom is 0.454 e. The fourth-order valence-corrected chi connectivity index (χ4v) is 3.24. The van der Waals surface area contributed by atoms with Gasteiger partial charge in [-0.15, -0.1) is 11.3 Å². The maximum absolute atomic E-state index is 12.8. The number of furan rings is 1. The molecular formula is C15H11F3O3S. The number of carbonyl (C=O) groups is 1. The molecule has 0 saturated heterocycles. The van der Waals surface area contributed by atoms with Gasteiger partial charge in [0.05, 0.1) is 11.8 Å². The smallest absolute Gasteiger partial charge is 0.454 e. The molecule has 0 fully saturated rings. The van der Waals surface area contributed by atoms with Crippen molar-refractivity contribution in [2.24, 2.45) is 0 Å². The average molecular weight is 328 g/mol. The van der Waals surface area contributed by atoms with Crippen LogP contribution < -0.4 is 0 Å². The third kappa shape index (κ3) is 2.45. The van der Waals surface area contributed by atoms with Crippen molar-refractivity contribution in [2.45, 2.75) is 25.1 Å². The van der Waals surface area contributed by atoms with Gasteiger partial charge in [-0.25, -0.2) is 0 Å². The van der Waals surface area contributed by atoms with E-state index in [0.29, 0.717) is 0 Å². The normalized spacial score (nSPS) is 22.0. The van der Waals surface area contributed by atoms with Crippen molar-refractivity contribution < 1.29 is 27.1 Å². The molecule has 0 radical (unpaired) electrons. The van der Waals surface area contributed by atoms with Gasteiger partial charge < -0.3 is 9.15 Å². The van der Waals surface area contributed by atoms with Crippen LogP contribution in [0.25, 0.3) is 5.76 Å². The Morgan fingerprint density at radius 2 is 2.09 bits per heavy atom. The van der Waals surface area contributed by atoms with Gasteiger partial charge in [0.2, 0.25) is 0 Å². The van der Waals surface area contributed by atoms with Crippen molar-refractivity contribution in [1.82, 2.24) is 0 Å². The monoisotopic (exact) mass is 328 g/mol. The van der Waals surface area contributed by atoms with Crippen molar-refractivity contribution in [2.75, 3.05) is 0 Å². The van der Waals surface area contributed by atoms with E-state index in [4.69, 9.17) is 9.15 Å². The summed E-state index contributed by atoms with van der Waals surface area (Å²) in [7, 11) is 0. The fraction of sp³-hybridized carbons (Fsp3) is 0.267. The van der Waals surface area contributed by atoms with Crippen LogP contribution in [0.4, 0.5) is 13.2 Å². The van der Waals surface area contributed by atoms with Gasteiger partial charge in [0.25, 0.3) is 5.78 Å². The summed E-state index contributed by atoms with van der Waals surface area (Å²) in [5.41, 5.74) is -1.41. The largest absolute Gasteiger partial charge is 0.477 e. The molecule has 1 aliphatic rings. The van der Waals surface area contributed by atoms with E-state index in [-0.39, 0.29) is 17.9 Å². The number of hydrogen-bond acceptors (Lipinski definition) is 4. The number of halogens is 3. The Morgan fingerprint density at radius 1 is 1.32 bits per heavy atom. The van der Waals surface area contributed by atoms with E-state index in [9.17, 15) is 18.0 Å². The minimum atomic E-state index is -4.95. The first-order valence-corrected chi connectivity index (χ1v) is 7.31. The summed E-state index contributed by atoms with van der Waals surface area (Å²) >= 11 is 1.36. The SMILES string of the molecule is CC1(c2cccs2)CC(C(=O)C(F)(F)F)=C(c2ccco2)O1. The number of carbonyl (C=O) groups excluding carboxylic acids is 1. The first-order chi connectivity index (χ1) is 10.3. The van der Waals surface area contributed by atoms with E-state index in [2.05, 4.69) is 0 Å². The van der Waals surface area contributed by atoms with Gasteiger partial charge in [-0.3, -0.25) is 4.79 Å². The van der Waals surface area contributed by atoms with Crippen LogP contribution in [0.5, 0.6) is 0 Å². The van der Waals surface area contributed by atoms with Gasteiger partial charge in [0.15, 0.2) is 11.5 Å². The van der Waals surface area contributed by atoms with E-state index in [1.54, 1.807) is 24.4 Å². The summed E-state index contributed by atoms with van der Waals surface area (Å²) < 4.78 is 49.4. The van der Waals surface area contributed by atoms with Crippen molar-refractivity contribution in [1.29, 1.82) is 0 Å². The molecule has 0 amide bonds. The Hall–Kier alpha value is -2.02. The lowest BCUT2D eigenvalue weighted by Crippen LogP contribution is -2.26. The first-order valence-electron chi connectivity index (χ1n) is 6.43. The highest BCUT2D eigenvalue weighted by Crippen LogP contribution is 2.48. The number of thiophene rings is 1. The molecule has 1 atom stereocenters. The van der Waals surface area contributed by atoms with Crippen molar-refractivity contribution in [3.63, 3.8) is 0 Å². The Morgan fingerprint density at radius 3 is 2.64 bits per heavy atom. The lowest BCUT2D eigenvalue weighted by Gasteiger charge is -2.23. The second-order valence-corrected chi connectivity index (χ2v) is 6.05. The van der Waals surface area contributed by atoms with Crippen LogP contribution in [0, 0.1) is 0 Å². The molecule has 0 aliphatic carbocycles. The second kappa shape index (κ2) is 5.01. The minimum Gasteiger partial charge on any atom is -0.477 e. The lowest BCUT2D eigenvalue weighted by molar-refractivity contribution is -0.166. The molecule has 0 spiro atoms. The van der Waals surface area contributed by atoms with Crippen LogP contribution in [0.1, 0.15) is 24.0 Å². The first kappa shape index (κ1) is 14.9. The summed E-state index contributed by atoms with van der Waals surface area (Å²) in [6.45, 7) is 1.67. The standard InChI is InChI=1S/C15H11F3O3S/c1-14(11-5-3-7-22-11)8-9(13(19)15(16,17)18)12(21-14)10-4-2-6-20-10/h2-7H,8H2,1H3. The van der Waals surface area contributed by atoms with Gasteiger partial charge >= 0.3 is 6.18 Å². The number of alkyl halides is 3. The van der Waals surface area contributed by atoms with E-state index in [0.717, 1.165) is 4.88 Å². The van der Waals surface area contributed by atoms with Crippen LogP contribution in [0.15, 0.2) is 45.9 Å². The van der Waals surface area contributed by atoms with E-state index >= 15 is 0 Å². The zero-order valence-electron chi connectivity index (χ0n) is 11.4. The molecule has 3 heterocycles. The molecule has 3 nitrogen and oxygen atoms in total. The number of Topliss-reactive ketones (excluding diaryl/α,β-unsaturated/α-hetero) is 1. The van der Waals surface area contributed by atoms with E-state index < -0.39 is 23.1 Å². The van der Waals surface area contributed by atoms with Gasteiger partial charge in [0.1, 0.15) is 5.60 Å². The van der Waals surface area contributed by atoms with E-state index in [1.807, 2.05) is 0 Å². The Labute approximate surface area is 128 Å². The van der Waals surface area contributed by atoms with Gasteiger partial charge in [-0.05, 0) is 30.5 Å². The Balaban J connectivity index is 2.05. The van der Waals surface area contributed by atoms with Gasteiger partial charge in [-0.1, -0.05) is 6.07 Å². The zero-order chi connectivity index (χ0) is 16.0. The van der Waals surface area contributed by atoms with Crippen LogP contribution >= 0.6 is 11.3 Å². The third-order valence-electron chi connectivity index (χ3n) is 3.43. The van der Waals surface area contributed by atoms with Crippen molar-refractivity contribution in [3.05, 3.63) is 52.1 Å². The molecule has 7 heteroatoms. The van der Waals surface area contributed by atoms with Crippen LogP contribution in [0.2, 0.25) is 0 Å². The Kier molecular flexibility index (Phi) is 3.40. The van der Waals surface area contributed by atoms with E-state index in [1.165, 1.54) is 29.7 Å². The second-order valence-electron chi connectivity index (χ2n) is 5.10. The molecule has 0 saturated carbocycles. The molecule has 0 aromatic carbocycles. The summed E-state index contributed by atoms with van der Waals surface area (Å²) in [4.78, 5) is 12.5. The van der Waals surface area contributed by atoms with Crippen molar-refractivity contribution >= 4 is 22.9 Å². The minimum absolute atomic E-state index is 0.118. The molecule has 1 unspecified atom stereocenters. The quantitative estimate of drug-likeness (QED) is 0.831. The zero-order valence-corrected chi connectivity index (χ0v) is 12.3. The highest BCUT2D eigenvalue weighted by Gasteiger charge is 2.50. The molecular weight excluding hydrogens is 317 g/mol. The third-order valence-corrected chi connectivity index (χ3v) is 4.55. The molecule has 1 aliphatic heterocycles. The summed E-state index contributed by atoms with van der Waals surface area (Å²) in [6.07, 6.45) is -3.78. The number of hydrogen-bond donors (Lipinski definition) is 0. The summed E-state index contributed by atoms with van der Waals surface area (Å²) in [5, 5.41) is 1.81. The predicted octanol–water partition coefficient (Wildman–Crippen LogP) is 4.52. The van der Waals surface area contributed by atoms with Gasteiger partial charge in [-0.2, -0.15) is 13.2 Å². The molecule has 3 rings (SSSR count). The maximum atomic E-state index is 12.8. The number of rotatable bonds is 3. The van der Waals surface area contributed by atoms with Gasteiger partial charge in [0, 0.05) is 11.3 Å². The predicted molar refractivity (Wildman–Crippen MR) is 74.1 cm³/mol. The van der Waals surface area contributed by atoms with Crippen LogP contribution in [0.3, 0.4) is 0 Å². The molecule has 116 valence electrons. The summed E-state index contributed by atoms with van der Waals surface area (Å²) in [6, 6.07) is 6.55. The molecule has 22 heavy (non-hydrogen) atoms. The molecule has 2 aromatic heterocycles. The molecule has 2 aromatic rings. The number of ketones is 1. The average Bonchev–Trinajstić information content (AvgIpc) is 3.17. The number of ether oxygens (including phenoxy) is 1. The highest BCUT2D eigenvalue weighted by atomic mass is 32.1. The summed E-state index contributed by atoms with van der Waals surface area (Å²) in [5.74, 6) is -1.91. The molecule has 0 bridgehead atoms. The molecule has 0 N–H and O–H groups in total. The Bertz CT molecular complexity index is 714. The highest BCUT2D eigenvalue weighted by molar-refractivity contribution is 7.10. The lowest BCUT2D eigenvalue weighted by atomic mass is 9.94. The van der Waals surface area contributed by atoms with Crippen LogP contribution in [-0.2, 0) is 15.1 Å². The van der Waals surface area contributed by atoms with Crippen LogP contribution in [-0.4, -0.2) is 12.0 Å². The topological polar surface area (TPSA) is 39.4 Å².